The minimum atomic E-state index is -0.884. The van der Waals surface area contributed by atoms with Gasteiger partial charge in [0, 0.05) is 43.3 Å². The van der Waals surface area contributed by atoms with Gasteiger partial charge in [-0.1, -0.05) is 0 Å². The third-order valence-electron chi connectivity index (χ3n) is 3.88. The van der Waals surface area contributed by atoms with Crippen LogP contribution in [0.5, 0.6) is 0 Å². The number of ether oxygens (including phenoxy) is 1. The number of benzene rings is 1. The van der Waals surface area contributed by atoms with Crippen LogP contribution in [0, 0.1) is 0 Å². The molecular formula is C15H18N2O3. The summed E-state index contributed by atoms with van der Waals surface area (Å²) in [5.74, 6) is -0.884. The lowest BCUT2D eigenvalue weighted by Gasteiger charge is -2.26. The largest absolute Gasteiger partial charge is 0.478 e. The number of aromatic nitrogens is 1. The summed E-state index contributed by atoms with van der Waals surface area (Å²) in [6.07, 6.45) is 0. The molecule has 0 aliphatic carbocycles. The number of hydrogen-bond acceptors (Lipinski definition) is 3. The second kappa shape index (κ2) is 5.26. The lowest BCUT2D eigenvalue weighted by Crippen LogP contribution is -2.36. The van der Waals surface area contributed by atoms with Crippen molar-refractivity contribution in [3.8, 4) is 0 Å². The molecule has 1 aromatic heterocycles. The third-order valence-corrected chi connectivity index (χ3v) is 3.88. The summed E-state index contributed by atoms with van der Waals surface area (Å²) in [7, 11) is 2.03. The van der Waals surface area contributed by atoms with Gasteiger partial charge in [0.1, 0.15) is 0 Å². The normalized spacial score (nSPS) is 16.6. The number of carboxylic acid groups (broad SMARTS) is 1. The SMILES string of the molecule is Cn1c(CN2CCOCC2)cc2cc(C(=O)O)ccc21. The molecule has 1 N–H and O–H groups in total. The summed E-state index contributed by atoms with van der Waals surface area (Å²) in [6.45, 7) is 4.33. The van der Waals surface area contributed by atoms with Crippen molar-refractivity contribution in [3.63, 3.8) is 0 Å². The van der Waals surface area contributed by atoms with Gasteiger partial charge in [0.2, 0.25) is 0 Å². The number of fused-ring (bicyclic) bond motifs is 1. The van der Waals surface area contributed by atoms with E-state index in [4.69, 9.17) is 9.84 Å². The van der Waals surface area contributed by atoms with E-state index in [0.717, 1.165) is 43.8 Å². The molecule has 0 amide bonds. The van der Waals surface area contributed by atoms with E-state index in [1.54, 1.807) is 12.1 Å². The molecule has 1 aliphatic rings. The van der Waals surface area contributed by atoms with Gasteiger partial charge in [-0.15, -0.1) is 0 Å². The van der Waals surface area contributed by atoms with Crippen molar-refractivity contribution in [2.45, 2.75) is 6.54 Å². The lowest BCUT2D eigenvalue weighted by atomic mass is 10.1. The van der Waals surface area contributed by atoms with Crippen LogP contribution in [0.4, 0.5) is 0 Å². The van der Waals surface area contributed by atoms with E-state index in [-0.39, 0.29) is 0 Å². The summed E-state index contributed by atoms with van der Waals surface area (Å²) in [5.41, 5.74) is 2.60. The monoisotopic (exact) mass is 274 g/mol. The zero-order valence-electron chi connectivity index (χ0n) is 11.5. The van der Waals surface area contributed by atoms with Crippen LogP contribution in [-0.4, -0.2) is 46.8 Å². The van der Waals surface area contributed by atoms with E-state index in [9.17, 15) is 4.79 Å². The average Bonchev–Trinajstić information content (AvgIpc) is 2.76. The average molecular weight is 274 g/mol. The standard InChI is InChI=1S/C15H18N2O3/c1-16-13(10-17-4-6-20-7-5-17)9-12-8-11(15(18)19)2-3-14(12)16/h2-3,8-9H,4-7,10H2,1H3,(H,18,19). The Morgan fingerprint density at radius 3 is 2.75 bits per heavy atom. The first-order chi connectivity index (χ1) is 9.65. The molecule has 2 aromatic rings. The van der Waals surface area contributed by atoms with Gasteiger partial charge in [-0.3, -0.25) is 4.90 Å². The first-order valence-corrected chi connectivity index (χ1v) is 6.77. The highest BCUT2D eigenvalue weighted by atomic mass is 16.5. The molecule has 1 aliphatic heterocycles. The Morgan fingerprint density at radius 1 is 1.30 bits per heavy atom. The number of hydrogen-bond donors (Lipinski definition) is 1. The summed E-state index contributed by atoms with van der Waals surface area (Å²) < 4.78 is 7.49. The summed E-state index contributed by atoms with van der Waals surface area (Å²) in [5, 5.41) is 10.0. The van der Waals surface area contributed by atoms with Crippen LogP contribution < -0.4 is 0 Å². The smallest absolute Gasteiger partial charge is 0.335 e. The van der Waals surface area contributed by atoms with Crippen molar-refractivity contribution in [3.05, 3.63) is 35.5 Å². The van der Waals surface area contributed by atoms with Crippen LogP contribution in [0.3, 0.4) is 0 Å². The lowest BCUT2D eigenvalue weighted by molar-refractivity contribution is 0.0333. The van der Waals surface area contributed by atoms with E-state index in [2.05, 4.69) is 15.5 Å². The van der Waals surface area contributed by atoms with Crippen LogP contribution in [0.25, 0.3) is 10.9 Å². The van der Waals surface area contributed by atoms with Crippen LogP contribution in [0.1, 0.15) is 16.1 Å². The second-order valence-electron chi connectivity index (χ2n) is 5.16. The number of carbonyl (C=O) groups is 1. The van der Waals surface area contributed by atoms with Crippen molar-refractivity contribution in [2.75, 3.05) is 26.3 Å². The van der Waals surface area contributed by atoms with E-state index in [1.807, 2.05) is 13.1 Å². The topological polar surface area (TPSA) is 54.7 Å². The molecule has 0 atom stereocenters. The molecule has 0 bridgehead atoms. The number of aryl methyl sites for hydroxylation is 1. The van der Waals surface area contributed by atoms with Crippen molar-refractivity contribution >= 4 is 16.9 Å². The first kappa shape index (κ1) is 13.1. The minimum Gasteiger partial charge on any atom is -0.478 e. The van der Waals surface area contributed by atoms with Gasteiger partial charge in [0.15, 0.2) is 0 Å². The minimum absolute atomic E-state index is 0.334. The fourth-order valence-corrected chi connectivity index (χ4v) is 2.68. The second-order valence-corrected chi connectivity index (χ2v) is 5.16. The third kappa shape index (κ3) is 2.42. The molecule has 106 valence electrons. The van der Waals surface area contributed by atoms with Gasteiger partial charge in [-0.05, 0) is 24.3 Å². The molecular weight excluding hydrogens is 256 g/mol. The highest BCUT2D eigenvalue weighted by Gasteiger charge is 2.14. The molecule has 0 saturated carbocycles. The maximum Gasteiger partial charge on any atom is 0.335 e. The van der Waals surface area contributed by atoms with Crippen LogP contribution in [0.15, 0.2) is 24.3 Å². The maximum atomic E-state index is 11.0. The van der Waals surface area contributed by atoms with Gasteiger partial charge in [-0.2, -0.15) is 0 Å². The summed E-state index contributed by atoms with van der Waals surface area (Å²) in [6, 6.07) is 7.35. The molecule has 5 heteroatoms. The van der Waals surface area contributed by atoms with Gasteiger partial charge in [0.05, 0.1) is 18.8 Å². The number of nitrogens with zero attached hydrogens (tertiary/aromatic N) is 2. The molecule has 0 unspecified atom stereocenters. The zero-order valence-corrected chi connectivity index (χ0v) is 11.5. The van der Waals surface area contributed by atoms with Crippen LogP contribution in [0.2, 0.25) is 0 Å². The van der Waals surface area contributed by atoms with Gasteiger partial charge in [-0.25, -0.2) is 4.79 Å². The Hall–Kier alpha value is -1.85. The van der Waals surface area contributed by atoms with Crippen LogP contribution in [-0.2, 0) is 18.3 Å². The Labute approximate surface area is 117 Å². The molecule has 0 radical (unpaired) electrons. The summed E-state index contributed by atoms with van der Waals surface area (Å²) in [4.78, 5) is 13.4. The maximum absolute atomic E-state index is 11.0. The number of aromatic carboxylic acids is 1. The van der Waals surface area contributed by atoms with E-state index < -0.39 is 5.97 Å². The van der Waals surface area contributed by atoms with Gasteiger partial charge >= 0.3 is 5.97 Å². The van der Waals surface area contributed by atoms with E-state index in [0.29, 0.717) is 5.56 Å². The predicted molar refractivity (Wildman–Crippen MR) is 76.0 cm³/mol. The van der Waals surface area contributed by atoms with Crippen molar-refractivity contribution < 1.29 is 14.6 Å². The highest BCUT2D eigenvalue weighted by molar-refractivity contribution is 5.94. The van der Waals surface area contributed by atoms with Gasteiger partial charge < -0.3 is 14.4 Å². The van der Waals surface area contributed by atoms with E-state index in [1.165, 1.54) is 5.69 Å². The first-order valence-electron chi connectivity index (χ1n) is 6.77. The number of carboxylic acids is 1. The van der Waals surface area contributed by atoms with Crippen molar-refractivity contribution in [1.29, 1.82) is 0 Å². The Kier molecular flexibility index (Phi) is 3.46. The highest BCUT2D eigenvalue weighted by Crippen LogP contribution is 2.21. The van der Waals surface area contributed by atoms with Gasteiger partial charge in [0.25, 0.3) is 0 Å². The van der Waals surface area contributed by atoms with E-state index >= 15 is 0 Å². The molecule has 1 aromatic carbocycles. The van der Waals surface area contributed by atoms with Crippen molar-refractivity contribution in [1.82, 2.24) is 9.47 Å². The van der Waals surface area contributed by atoms with Crippen molar-refractivity contribution in [2.24, 2.45) is 7.05 Å². The summed E-state index contributed by atoms with van der Waals surface area (Å²) >= 11 is 0. The fraction of sp³-hybridized carbons (Fsp3) is 0.400. The molecule has 0 spiro atoms. The molecule has 5 nitrogen and oxygen atoms in total. The Morgan fingerprint density at radius 2 is 2.05 bits per heavy atom. The molecule has 3 rings (SSSR count). The fourth-order valence-electron chi connectivity index (χ4n) is 2.68. The Bertz CT molecular complexity index is 642. The predicted octanol–water partition coefficient (Wildman–Crippen LogP) is 1.71. The van der Waals surface area contributed by atoms with Crippen LogP contribution >= 0.6 is 0 Å². The molecule has 2 heterocycles. The quantitative estimate of drug-likeness (QED) is 0.925. The number of rotatable bonds is 3. The molecule has 1 saturated heterocycles. The molecule has 1 fully saturated rings. The Balaban J connectivity index is 1.91. The number of morpholine rings is 1. The molecule has 20 heavy (non-hydrogen) atoms. The zero-order chi connectivity index (χ0) is 14.1.